The summed E-state index contributed by atoms with van der Waals surface area (Å²) in [5.74, 6) is -0.958. The number of benzene rings is 3. The highest BCUT2D eigenvalue weighted by molar-refractivity contribution is 9.11. The standard InChI is InChI=1S/C37H35Br2N3O7/c1-36(2)17-27-33(29(43)19-36)32(34-28(18-37(3,4)20-30(34)44)40(27)13-12-21-8-6-5-7-9-21)24-14-22(38)15-25(39)35(24)49-31-11-10-23(41(45)46)16-26(31)42(47)48/h5-11,14-16,32H,12-13,17-20H2,1-4H3. The molecular formula is C37H35Br2N3O7. The predicted molar refractivity (Wildman–Crippen MR) is 191 cm³/mol. The van der Waals surface area contributed by atoms with Crippen LogP contribution in [0.2, 0.25) is 0 Å². The van der Waals surface area contributed by atoms with E-state index in [4.69, 9.17) is 4.74 Å². The quantitative estimate of drug-likeness (QED) is 0.163. The number of nitro groups is 2. The van der Waals surface area contributed by atoms with Crippen molar-refractivity contribution in [3.8, 4) is 11.5 Å². The van der Waals surface area contributed by atoms with Crippen LogP contribution in [-0.2, 0) is 16.0 Å². The third kappa shape index (κ3) is 6.85. The Kier molecular flexibility index (Phi) is 9.16. The van der Waals surface area contributed by atoms with Crippen molar-refractivity contribution in [3.05, 3.63) is 124 Å². The maximum atomic E-state index is 14.4. The number of hydrogen-bond donors (Lipinski definition) is 0. The number of carbonyl (C=O) groups is 2. The van der Waals surface area contributed by atoms with Crippen molar-refractivity contribution in [3.63, 3.8) is 0 Å². The fourth-order valence-corrected chi connectivity index (χ4v) is 8.71. The molecule has 10 nitrogen and oxygen atoms in total. The molecule has 12 heteroatoms. The lowest BCUT2D eigenvalue weighted by Gasteiger charge is -2.49. The van der Waals surface area contributed by atoms with Gasteiger partial charge in [0.2, 0.25) is 5.75 Å². The summed E-state index contributed by atoms with van der Waals surface area (Å²) in [5.41, 5.74) is 2.78. The minimum Gasteiger partial charge on any atom is -0.449 e. The molecule has 49 heavy (non-hydrogen) atoms. The van der Waals surface area contributed by atoms with Crippen LogP contribution in [-0.4, -0.2) is 32.9 Å². The summed E-state index contributed by atoms with van der Waals surface area (Å²) in [7, 11) is 0. The highest BCUT2D eigenvalue weighted by atomic mass is 79.9. The van der Waals surface area contributed by atoms with E-state index >= 15 is 0 Å². The number of non-ortho nitro benzene ring substituents is 1. The molecule has 3 aliphatic rings. The SMILES string of the molecule is CC1(C)CC(=O)C2=C(C1)N(CCc1ccccc1)C1=C(C(=O)CC(C)(C)C1)C2c1cc(Br)cc(Br)c1Oc1ccc([N+](=O)[O-])cc1[N+](=O)[O-]. The fourth-order valence-electron chi connectivity index (χ4n) is 7.37. The van der Waals surface area contributed by atoms with Crippen molar-refractivity contribution in [1.29, 1.82) is 0 Å². The Morgan fingerprint density at radius 1 is 0.816 bits per heavy atom. The molecule has 0 bridgehead atoms. The molecule has 2 aliphatic carbocycles. The second kappa shape index (κ2) is 12.9. The largest absolute Gasteiger partial charge is 0.449 e. The number of ketones is 2. The summed E-state index contributed by atoms with van der Waals surface area (Å²) < 4.78 is 7.37. The van der Waals surface area contributed by atoms with Crippen molar-refractivity contribution in [2.24, 2.45) is 10.8 Å². The van der Waals surface area contributed by atoms with Crippen LogP contribution >= 0.6 is 31.9 Å². The molecule has 0 saturated carbocycles. The molecule has 0 spiro atoms. The number of nitrogens with zero attached hydrogens (tertiary/aromatic N) is 3. The second-order valence-electron chi connectivity index (χ2n) is 14.5. The van der Waals surface area contributed by atoms with Crippen LogP contribution < -0.4 is 4.74 Å². The Labute approximate surface area is 300 Å². The van der Waals surface area contributed by atoms with Gasteiger partial charge in [0.15, 0.2) is 11.6 Å². The molecule has 0 fully saturated rings. The maximum Gasteiger partial charge on any atom is 0.318 e. The number of halogens is 2. The van der Waals surface area contributed by atoms with Crippen LogP contribution in [0.4, 0.5) is 11.4 Å². The molecule has 3 aromatic rings. The molecule has 0 aromatic heterocycles. The van der Waals surface area contributed by atoms with Gasteiger partial charge in [-0.15, -0.1) is 0 Å². The van der Waals surface area contributed by atoms with Gasteiger partial charge in [-0.25, -0.2) is 0 Å². The second-order valence-corrected chi connectivity index (χ2v) is 16.3. The molecule has 0 atom stereocenters. The first kappa shape index (κ1) is 34.7. The Balaban J connectivity index is 1.59. The smallest absolute Gasteiger partial charge is 0.318 e. The predicted octanol–water partition coefficient (Wildman–Crippen LogP) is 9.75. The van der Waals surface area contributed by atoms with Crippen LogP contribution in [0.25, 0.3) is 0 Å². The number of rotatable bonds is 8. The Morgan fingerprint density at radius 3 is 1.96 bits per heavy atom. The summed E-state index contributed by atoms with van der Waals surface area (Å²) in [6.07, 6.45) is 2.52. The van der Waals surface area contributed by atoms with E-state index in [1.54, 1.807) is 12.1 Å². The molecule has 254 valence electrons. The van der Waals surface area contributed by atoms with E-state index in [9.17, 15) is 29.8 Å². The van der Waals surface area contributed by atoms with Crippen molar-refractivity contribution in [1.82, 2.24) is 4.90 Å². The lowest BCUT2D eigenvalue weighted by molar-refractivity contribution is -0.394. The highest BCUT2D eigenvalue weighted by Crippen LogP contribution is 2.57. The monoisotopic (exact) mass is 791 g/mol. The Morgan fingerprint density at radius 2 is 1.41 bits per heavy atom. The van der Waals surface area contributed by atoms with Crippen molar-refractivity contribution in [2.45, 2.75) is 65.7 Å². The van der Waals surface area contributed by atoms with Gasteiger partial charge in [-0.1, -0.05) is 74.0 Å². The summed E-state index contributed by atoms with van der Waals surface area (Å²) in [6, 6.07) is 16.8. The van der Waals surface area contributed by atoms with Gasteiger partial charge in [0.1, 0.15) is 5.75 Å². The molecular weight excluding hydrogens is 758 g/mol. The van der Waals surface area contributed by atoms with Gasteiger partial charge < -0.3 is 9.64 Å². The number of Topliss-reactive ketones (excluding diaryl/α,β-unsaturated/α-hetero) is 2. The zero-order valence-electron chi connectivity index (χ0n) is 27.5. The van der Waals surface area contributed by atoms with E-state index in [0.717, 1.165) is 29.1 Å². The van der Waals surface area contributed by atoms with E-state index in [-0.39, 0.29) is 46.7 Å². The average molecular weight is 794 g/mol. The first-order valence-corrected chi connectivity index (χ1v) is 17.6. The maximum absolute atomic E-state index is 14.4. The van der Waals surface area contributed by atoms with Gasteiger partial charge in [0.05, 0.1) is 20.4 Å². The van der Waals surface area contributed by atoms with Crippen LogP contribution in [0.3, 0.4) is 0 Å². The van der Waals surface area contributed by atoms with Gasteiger partial charge in [-0.3, -0.25) is 29.8 Å². The first-order valence-electron chi connectivity index (χ1n) is 16.0. The summed E-state index contributed by atoms with van der Waals surface area (Å²) in [6.45, 7) is 8.91. The minimum atomic E-state index is -0.800. The molecule has 1 aliphatic heterocycles. The topological polar surface area (TPSA) is 133 Å². The number of allylic oxidation sites excluding steroid dienone is 4. The number of nitro benzene ring substituents is 2. The van der Waals surface area contributed by atoms with Crippen LogP contribution in [0.1, 0.15) is 70.4 Å². The van der Waals surface area contributed by atoms with Gasteiger partial charge in [0.25, 0.3) is 5.69 Å². The number of carbonyl (C=O) groups excluding carboxylic acids is 2. The Hall–Kier alpha value is -4.16. The molecule has 0 amide bonds. The molecule has 0 N–H and O–H groups in total. The molecule has 6 rings (SSSR count). The number of ether oxygens (including phenoxy) is 1. The molecule has 0 saturated heterocycles. The van der Waals surface area contributed by atoms with E-state index in [1.165, 1.54) is 6.07 Å². The highest BCUT2D eigenvalue weighted by Gasteiger charge is 2.49. The van der Waals surface area contributed by atoms with E-state index < -0.39 is 27.1 Å². The third-order valence-corrected chi connectivity index (χ3v) is 10.4. The van der Waals surface area contributed by atoms with Crippen molar-refractivity contribution in [2.75, 3.05) is 6.54 Å². The number of hydrogen-bond acceptors (Lipinski definition) is 8. The normalized spacial score (nSPS) is 18.7. The van der Waals surface area contributed by atoms with E-state index in [1.807, 2.05) is 18.2 Å². The molecule has 1 heterocycles. The van der Waals surface area contributed by atoms with Gasteiger partial charge >= 0.3 is 5.69 Å². The minimum absolute atomic E-state index is 0.0616. The fraction of sp³-hybridized carbons (Fsp3) is 0.351. The van der Waals surface area contributed by atoms with Gasteiger partial charge in [-0.2, -0.15) is 0 Å². The third-order valence-electron chi connectivity index (χ3n) is 9.40. The molecule has 0 unspecified atom stereocenters. The van der Waals surface area contributed by atoms with Crippen LogP contribution in [0.5, 0.6) is 11.5 Å². The molecule has 3 aromatic carbocycles. The van der Waals surface area contributed by atoms with Crippen molar-refractivity contribution < 1.29 is 24.2 Å². The van der Waals surface area contributed by atoms with Crippen LogP contribution in [0, 0.1) is 31.1 Å². The summed E-state index contributed by atoms with van der Waals surface area (Å²) in [5, 5.41) is 23.5. The zero-order valence-corrected chi connectivity index (χ0v) is 30.7. The summed E-state index contributed by atoms with van der Waals surface area (Å²) >= 11 is 7.17. The van der Waals surface area contributed by atoms with Crippen molar-refractivity contribution >= 4 is 54.8 Å². The zero-order chi connectivity index (χ0) is 35.4. The lowest BCUT2D eigenvalue weighted by atomic mass is 9.63. The first-order chi connectivity index (χ1) is 23.0. The average Bonchev–Trinajstić information content (AvgIpc) is 3.00. The molecule has 0 radical (unpaired) electrons. The van der Waals surface area contributed by atoms with E-state index in [2.05, 4.69) is 76.6 Å². The van der Waals surface area contributed by atoms with Gasteiger partial charge in [-0.05, 0) is 69.8 Å². The Bertz CT molecular complexity index is 1930. The van der Waals surface area contributed by atoms with Gasteiger partial charge in [0, 0.05) is 63.9 Å². The van der Waals surface area contributed by atoms with Crippen LogP contribution in [0.15, 0.2) is 92.1 Å². The summed E-state index contributed by atoms with van der Waals surface area (Å²) in [4.78, 5) is 53.1. The van der Waals surface area contributed by atoms with E-state index in [0.29, 0.717) is 51.5 Å². The lowest BCUT2D eigenvalue weighted by Crippen LogP contribution is -2.45.